The van der Waals surface area contributed by atoms with Gasteiger partial charge in [0.05, 0.1) is 12.3 Å². The summed E-state index contributed by atoms with van der Waals surface area (Å²) in [5, 5.41) is 6.27. The minimum Gasteiger partial charge on any atom is -0.450 e. The van der Waals surface area contributed by atoms with Gasteiger partial charge in [-0.25, -0.2) is 18.3 Å². The van der Waals surface area contributed by atoms with Crippen molar-refractivity contribution >= 4 is 27.5 Å². The Hall–Kier alpha value is -2.24. The number of aromatic nitrogens is 2. The zero-order chi connectivity index (χ0) is 20.3. The Bertz CT molecular complexity index is 1010. The molecule has 2 aromatic rings. The van der Waals surface area contributed by atoms with Crippen LogP contribution in [0.1, 0.15) is 23.1 Å². The van der Waals surface area contributed by atoms with Crippen molar-refractivity contribution in [3.05, 3.63) is 44.7 Å². The van der Waals surface area contributed by atoms with E-state index in [2.05, 4.69) is 10.2 Å². The van der Waals surface area contributed by atoms with Crippen LogP contribution in [-0.4, -0.2) is 66.7 Å². The summed E-state index contributed by atoms with van der Waals surface area (Å²) in [6.45, 7) is 4.82. The molecule has 0 atom stereocenters. The quantitative estimate of drug-likeness (QED) is 0.769. The molecule has 3 rings (SSSR count). The third-order valence-corrected chi connectivity index (χ3v) is 7.82. The number of aryl methyl sites for hydroxylation is 1. The maximum Gasteiger partial charge on any atom is 0.409 e. The van der Waals surface area contributed by atoms with Crippen LogP contribution in [0.25, 0.3) is 0 Å². The number of hydrogen-bond acceptors (Lipinski definition) is 7. The number of ether oxygens (including phenoxy) is 1. The van der Waals surface area contributed by atoms with E-state index in [0.717, 1.165) is 16.2 Å². The highest BCUT2D eigenvalue weighted by Gasteiger charge is 2.31. The van der Waals surface area contributed by atoms with Crippen molar-refractivity contribution in [1.29, 1.82) is 0 Å². The SMILES string of the molecule is CCOC(=O)N1CCN(S(=O)(=O)c2ccc(Cc3cc(C)n[nH]c3=O)s2)CC1. The third kappa shape index (κ3) is 4.42. The van der Waals surface area contributed by atoms with Gasteiger partial charge in [0.2, 0.25) is 0 Å². The van der Waals surface area contributed by atoms with E-state index in [-0.39, 0.29) is 29.5 Å². The van der Waals surface area contributed by atoms with Gasteiger partial charge in [0.1, 0.15) is 4.21 Å². The number of piperazine rings is 1. The molecule has 0 bridgehead atoms. The Morgan fingerprint density at radius 3 is 2.68 bits per heavy atom. The molecule has 1 fully saturated rings. The molecule has 1 aliphatic rings. The summed E-state index contributed by atoms with van der Waals surface area (Å²) in [4.78, 5) is 25.9. The molecule has 1 saturated heterocycles. The molecular formula is C17H22N4O5S2. The zero-order valence-electron chi connectivity index (χ0n) is 15.7. The highest BCUT2D eigenvalue weighted by atomic mass is 32.2. The number of hydrogen-bond donors (Lipinski definition) is 1. The van der Waals surface area contributed by atoms with Gasteiger partial charge in [-0.3, -0.25) is 4.79 Å². The molecule has 1 amide bonds. The first kappa shape index (κ1) is 20.5. The van der Waals surface area contributed by atoms with Crippen LogP contribution in [0.2, 0.25) is 0 Å². The predicted octanol–water partition coefficient (Wildman–Crippen LogP) is 1.19. The van der Waals surface area contributed by atoms with Crippen molar-refractivity contribution in [3.63, 3.8) is 0 Å². The van der Waals surface area contributed by atoms with Crippen molar-refractivity contribution in [1.82, 2.24) is 19.4 Å². The fraction of sp³-hybridized carbons (Fsp3) is 0.471. The summed E-state index contributed by atoms with van der Waals surface area (Å²) < 4.78 is 32.4. The van der Waals surface area contributed by atoms with Gasteiger partial charge in [0.15, 0.2) is 0 Å². The van der Waals surface area contributed by atoms with Gasteiger partial charge in [-0.2, -0.15) is 9.40 Å². The second-order valence-corrected chi connectivity index (χ2v) is 9.68. The van der Waals surface area contributed by atoms with E-state index >= 15 is 0 Å². The van der Waals surface area contributed by atoms with E-state index < -0.39 is 16.1 Å². The molecule has 152 valence electrons. The Labute approximate surface area is 167 Å². The zero-order valence-corrected chi connectivity index (χ0v) is 17.3. The van der Waals surface area contributed by atoms with Crippen LogP contribution in [0.5, 0.6) is 0 Å². The fourth-order valence-electron chi connectivity index (χ4n) is 2.92. The lowest BCUT2D eigenvalue weighted by molar-refractivity contribution is 0.0934. The fourth-order valence-corrected chi connectivity index (χ4v) is 5.88. The maximum atomic E-state index is 12.9. The summed E-state index contributed by atoms with van der Waals surface area (Å²) in [5.41, 5.74) is 0.957. The number of nitrogens with one attached hydrogen (secondary N) is 1. The van der Waals surface area contributed by atoms with Crippen molar-refractivity contribution in [3.8, 4) is 0 Å². The number of thiophene rings is 1. The smallest absolute Gasteiger partial charge is 0.409 e. The minimum absolute atomic E-state index is 0.220. The van der Waals surface area contributed by atoms with Crippen LogP contribution in [0.15, 0.2) is 27.2 Å². The molecular weight excluding hydrogens is 404 g/mol. The lowest BCUT2D eigenvalue weighted by atomic mass is 10.2. The van der Waals surface area contributed by atoms with Crippen LogP contribution < -0.4 is 5.56 Å². The van der Waals surface area contributed by atoms with Gasteiger partial charge in [-0.15, -0.1) is 11.3 Å². The molecule has 11 heteroatoms. The number of amides is 1. The van der Waals surface area contributed by atoms with Crippen molar-refractivity contribution in [2.75, 3.05) is 32.8 Å². The first-order valence-electron chi connectivity index (χ1n) is 8.87. The maximum absolute atomic E-state index is 12.9. The topological polar surface area (TPSA) is 113 Å². The Morgan fingerprint density at radius 1 is 1.29 bits per heavy atom. The number of aromatic amines is 1. The normalized spacial score (nSPS) is 15.6. The molecule has 0 aliphatic carbocycles. The van der Waals surface area contributed by atoms with Crippen molar-refractivity contribution < 1.29 is 17.9 Å². The highest BCUT2D eigenvalue weighted by molar-refractivity contribution is 7.91. The second-order valence-electron chi connectivity index (χ2n) is 6.35. The van der Waals surface area contributed by atoms with E-state index in [4.69, 9.17) is 4.74 Å². The van der Waals surface area contributed by atoms with E-state index in [1.807, 2.05) is 0 Å². The molecule has 1 aliphatic heterocycles. The van der Waals surface area contributed by atoms with Crippen molar-refractivity contribution in [2.24, 2.45) is 0 Å². The predicted molar refractivity (Wildman–Crippen MR) is 104 cm³/mol. The number of carbonyl (C=O) groups excluding carboxylic acids is 1. The monoisotopic (exact) mass is 426 g/mol. The number of nitrogens with zero attached hydrogens (tertiary/aromatic N) is 3. The van der Waals surface area contributed by atoms with Gasteiger partial charge in [-0.1, -0.05) is 0 Å². The summed E-state index contributed by atoms with van der Waals surface area (Å²) >= 11 is 1.15. The summed E-state index contributed by atoms with van der Waals surface area (Å²) in [6.07, 6.45) is -0.0778. The molecule has 0 spiro atoms. The molecule has 3 heterocycles. The van der Waals surface area contributed by atoms with E-state index in [1.165, 1.54) is 9.21 Å². The molecule has 9 nitrogen and oxygen atoms in total. The number of sulfonamides is 1. The number of rotatable bonds is 5. The van der Waals surface area contributed by atoms with Gasteiger partial charge >= 0.3 is 6.09 Å². The van der Waals surface area contributed by atoms with Crippen LogP contribution in [0, 0.1) is 6.92 Å². The van der Waals surface area contributed by atoms with E-state index in [1.54, 1.807) is 32.0 Å². The van der Waals surface area contributed by atoms with E-state index in [9.17, 15) is 18.0 Å². The Kier molecular flexibility index (Phi) is 6.16. The second kappa shape index (κ2) is 8.41. The minimum atomic E-state index is -3.64. The first-order chi connectivity index (χ1) is 13.3. The van der Waals surface area contributed by atoms with Crippen LogP contribution >= 0.6 is 11.3 Å². The lowest BCUT2D eigenvalue weighted by Gasteiger charge is -2.32. The molecule has 2 aromatic heterocycles. The van der Waals surface area contributed by atoms with Gasteiger partial charge < -0.3 is 9.64 Å². The molecule has 0 saturated carbocycles. The van der Waals surface area contributed by atoms with Gasteiger partial charge in [0, 0.05) is 43.0 Å². The van der Waals surface area contributed by atoms with Gasteiger partial charge in [-0.05, 0) is 32.0 Å². The molecule has 0 aromatic carbocycles. The molecule has 28 heavy (non-hydrogen) atoms. The Balaban J connectivity index is 1.69. The van der Waals surface area contributed by atoms with Crippen LogP contribution in [-0.2, 0) is 21.2 Å². The average Bonchev–Trinajstić information content (AvgIpc) is 3.14. The van der Waals surface area contributed by atoms with Crippen molar-refractivity contribution in [2.45, 2.75) is 24.5 Å². The lowest BCUT2D eigenvalue weighted by Crippen LogP contribution is -2.50. The first-order valence-corrected chi connectivity index (χ1v) is 11.1. The highest BCUT2D eigenvalue weighted by Crippen LogP contribution is 2.27. The largest absolute Gasteiger partial charge is 0.450 e. The summed E-state index contributed by atoms with van der Waals surface area (Å²) in [7, 11) is -3.64. The third-order valence-electron chi connectivity index (χ3n) is 4.37. The van der Waals surface area contributed by atoms with Crippen LogP contribution in [0.4, 0.5) is 4.79 Å². The summed E-state index contributed by atoms with van der Waals surface area (Å²) in [5.74, 6) is 0. The van der Waals surface area contributed by atoms with E-state index in [0.29, 0.717) is 30.8 Å². The number of H-pyrrole nitrogens is 1. The van der Waals surface area contributed by atoms with Gasteiger partial charge in [0.25, 0.3) is 15.6 Å². The number of carbonyl (C=O) groups is 1. The standard InChI is InChI=1S/C17H22N4O5S2/c1-3-26-17(23)20-6-8-21(9-7-20)28(24,25)15-5-4-14(27-15)11-13-10-12(2)18-19-16(13)22/h4-5,10H,3,6-9,11H2,1-2H3,(H,19,22). The summed E-state index contributed by atoms with van der Waals surface area (Å²) in [6, 6.07) is 4.98. The molecule has 1 N–H and O–H groups in total. The molecule has 0 unspecified atom stereocenters. The Morgan fingerprint density at radius 2 is 2.00 bits per heavy atom. The van der Waals surface area contributed by atoms with Crippen LogP contribution in [0.3, 0.4) is 0 Å². The average molecular weight is 427 g/mol. The molecule has 0 radical (unpaired) electrons.